The highest BCUT2D eigenvalue weighted by atomic mass is 16.5. The molecule has 0 aliphatic carbocycles. The van der Waals surface area contributed by atoms with Crippen LogP contribution in [-0.2, 0) is 12.8 Å². The number of allylic oxidation sites excluding steroid dienone is 1. The maximum Gasteiger partial charge on any atom is 0.222 e. The molecule has 4 heteroatoms. The van der Waals surface area contributed by atoms with Crippen LogP contribution in [0.15, 0.2) is 24.3 Å². The van der Waals surface area contributed by atoms with Gasteiger partial charge in [-0.15, -0.1) is 0 Å². The fourth-order valence-electron chi connectivity index (χ4n) is 3.79. The van der Waals surface area contributed by atoms with Crippen molar-refractivity contribution in [2.75, 3.05) is 13.7 Å². The maximum atomic E-state index is 9.86. The van der Waals surface area contributed by atoms with E-state index in [0.717, 1.165) is 47.5 Å². The van der Waals surface area contributed by atoms with Crippen LogP contribution < -0.4 is 4.74 Å². The van der Waals surface area contributed by atoms with Gasteiger partial charge < -0.3 is 9.84 Å². The highest BCUT2D eigenvalue weighted by molar-refractivity contribution is 5.75. The highest BCUT2D eigenvalue weighted by Crippen LogP contribution is 2.36. The van der Waals surface area contributed by atoms with E-state index in [0.29, 0.717) is 11.8 Å². The molecule has 0 spiro atoms. The summed E-state index contributed by atoms with van der Waals surface area (Å²) in [5, 5.41) is 9.86. The molecular formula is C25H36N2O2. The summed E-state index contributed by atoms with van der Waals surface area (Å²) in [6.07, 6.45) is 4.71. The molecule has 4 nitrogen and oxygen atoms in total. The van der Waals surface area contributed by atoms with Gasteiger partial charge >= 0.3 is 0 Å². The Morgan fingerprint density at radius 2 is 1.86 bits per heavy atom. The summed E-state index contributed by atoms with van der Waals surface area (Å²) < 4.78 is 5.64. The fourth-order valence-corrected chi connectivity index (χ4v) is 3.79. The number of ether oxygens (including phenoxy) is 1. The normalized spacial score (nSPS) is 13.1. The van der Waals surface area contributed by atoms with Crippen LogP contribution in [-0.4, -0.2) is 28.8 Å². The van der Waals surface area contributed by atoms with Crippen molar-refractivity contribution in [3.63, 3.8) is 0 Å². The summed E-state index contributed by atoms with van der Waals surface area (Å²) in [7, 11) is 1.67. The number of methoxy groups -OCH3 is 1. The number of hydrogen-bond donors (Lipinski definition) is 1. The van der Waals surface area contributed by atoms with Crippen LogP contribution in [0.1, 0.15) is 76.4 Å². The Hall–Kier alpha value is -2.20. The van der Waals surface area contributed by atoms with Crippen molar-refractivity contribution in [3.05, 3.63) is 46.8 Å². The lowest BCUT2D eigenvalue weighted by Crippen LogP contribution is -2.11. The molecule has 0 aromatic carbocycles. The molecule has 0 saturated heterocycles. The molecule has 0 bridgehead atoms. The van der Waals surface area contributed by atoms with E-state index in [4.69, 9.17) is 14.7 Å². The quantitative estimate of drug-likeness (QED) is 0.580. The van der Waals surface area contributed by atoms with Gasteiger partial charge in [-0.25, -0.2) is 4.98 Å². The van der Waals surface area contributed by atoms with Crippen molar-refractivity contribution in [2.24, 2.45) is 5.92 Å². The maximum absolute atomic E-state index is 9.86. The number of aryl methyl sites for hydroxylation is 2. The van der Waals surface area contributed by atoms with Gasteiger partial charge in [-0.2, -0.15) is 0 Å². The molecule has 0 saturated carbocycles. The van der Waals surface area contributed by atoms with Crippen molar-refractivity contribution >= 4 is 5.57 Å². The van der Waals surface area contributed by atoms with Gasteiger partial charge in [0, 0.05) is 23.9 Å². The van der Waals surface area contributed by atoms with Gasteiger partial charge in [0.1, 0.15) is 0 Å². The van der Waals surface area contributed by atoms with E-state index in [1.165, 1.54) is 11.1 Å². The van der Waals surface area contributed by atoms with Gasteiger partial charge in [-0.1, -0.05) is 40.7 Å². The minimum Gasteiger partial charge on any atom is -0.480 e. The van der Waals surface area contributed by atoms with Crippen molar-refractivity contribution in [3.8, 4) is 17.1 Å². The highest BCUT2D eigenvalue weighted by Gasteiger charge is 2.21. The predicted molar refractivity (Wildman–Crippen MR) is 121 cm³/mol. The fraction of sp³-hybridized carbons (Fsp3) is 0.520. The SMILES string of the molecule is C/C=C(\c1cc(CC)c(-c2ccc(C(C)C)nc2OC)nc1CC)C(CC)CO. The van der Waals surface area contributed by atoms with E-state index >= 15 is 0 Å². The summed E-state index contributed by atoms with van der Waals surface area (Å²) in [5.74, 6) is 1.09. The van der Waals surface area contributed by atoms with Gasteiger partial charge in [-0.05, 0) is 67.0 Å². The minimum absolute atomic E-state index is 0.129. The number of aromatic nitrogens is 2. The van der Waals surface area contributed by atoms with E-state index in [9.17, 15) is 5.11 Å². The molecular weight excluding hydrogens is 360 g/mol. The van der Waals surface area contributed by atoms with E-state index in [2.05, 4.69) is 58.9 Å². The monoisotopic (exact) mass is 396 g/mol. The minimum atomic E-state index is 0.129. The average Bonchev–Trinajstić information content (AvgIpc) is 2.75. The molecule has 1 atom stereocenters. The molecule has 2 heterocycles. The van der Waals surface area contributed by atoms with Crippen LogP contribution in [0.25, 0.3) is 16.8 Å². The molecule has 0 amide bonds. The lowest BCUT2D eigenvalue weighted by molar-refractivity contribution is 0.254. The first-order valence-corrected chi connectivity index (χ1v) is 10.8. The summed E-state index contributed by atoms with van der Waals surface area (Å²) in [6, 6.07) is 6.41. The largest absolute Gasteiger partial charge is 0.480 e. The molecule has 2 aromatic rings. The molecule has 158 valence electrons. The summed E-state index contributed by atoms with van der Waals surface area (Å²) in [5.41, 5.74) is 7.45. The Balaban J connectivity index is 2.70. The molecule has 0 fully saturated rings. The number of hydrogen-bond acceptors (Lipinski definition) is 4. The van der Waals surface area contributed by atoms with Crippen LogP contribution in [0.4, 0.5) is 0 Å². The first-order chi connectivity index (χ1) is 13.9. The molecule has 29 heavy (non-hydrogen) atoms. The van der Waals surface area contributed by atoms with Gasteiger partial charge in [0.25, 0.3) is 0 Å². The molecule has 0 radical (unpaired) electrons. The van der Waals surface area contributed by atoms with Gasteiger partial charge in [0.05, 0.1) is 18.4 Å². The van der Waals surface area contributed by atoms with Gasteiger partial charge in [0.2, 0.25) is 5.88 Å². The van der Waals surface area contributed by atoms with Crippen molar-refractivity contribution in [1.82, 2.24) is 9.97 Å². The Kier molecular flexibility index (Phi) is 8.39. The molecule has 1 N–H and O–H groups in total. The van der Waals surface area contributed by atoms with Crippen LogP contribution in [0.5, 0.6) is 5.88 Å². The Morgan fingerprint density at radius 3 is 2.34 bits per heavy atom. The smallest absolute Gasteiger partial charge is 0.222 e. The Labute approximate surface area is 176 Å². The Morgan fingerprint density at radius 1 is 1.14 bits per heavy atom. The molecule has 0 aliphatic heterocycles. The van der Waals surface area contributed by atoms with Crippen molar-refractivity contribution in [1.29, 1.82) is 0 Å². The van der Waals surface area contributed by atoms with Crippen molar-refractivity contribution in [2.45, 2.75) is 66.7 Å². The first-order valence-electron chi connectivity index (χ1n) is 10.8. The Bertz CT molecular complexity index is 852. The second-order valence-electron chi connectivity index (χ2n) is 7.68. The third kappa shape index (κ3) is 4.87. The second kappa shape index (κ2) is 10.5. The number of aliphatic hydroxyl groups excluding tert-OH is 1. The van der Waals surface area contributed by atoms with E-state index < -0.39 is 0 Å². The van der Waals surface area contributed by atoms with Crippen LogP contribution >= 0.6 is 0 Å². The standard InChI is InChI=1S/C25H36N2O2/c1-8-17-14-21(19(10-3)18(9-2)15-28)22(11-4)26-24(17)20-12-13-23(16(5)6)27-25(20)29-7/h10,12-14,16,18,28H,8-9,11,15H2,1-7H3/b19-10-. The van der Waals surface area contributed by atoms with Crippen LogP contribution in [0.2, 0.25) is 0 Å². The second-order valence-corrected chi connectivity index (χ2v) is 7.68. The predicted octanol–water partition coefficient (Wildman–Crippen LogP) is 5.82. The third-order valence-electron chi connectivity index (χ3n) is 5.59. The van der Waals surface area contributed by atoms with Gasteiger partial charge in [-0.3, -0.25) is 4.98 Å². The topological polar surface area (TPSA) is 55.2 Å². The zero-order chi connectivity index (χ0) is 21.6. The van der Waals surface area contributed by atoms with Crippen LogP contribution in [0.3, 0.4) is 0 Å². The molecule has 2 rings (SSSR count). The average molecular weight is 397 g/mol. The van der Waals surface area contributed by atoms with Gasteiger partial charge in [0.15, 0.2) is 0 Å². The number of nitrogens with zero attached hydrogens (tertiary/aromatic N) is 2. The lowest BCUT2D eigenvalue weighted by atomic mass is 9.87. The zero-order valence-corrected chi connectivity index (χ0v) is 19.0. The molecule has 1 unspecified atom stereocenters. The molecule has 2 aromatic heterocycles. The summed E-state index contributed by atoms with van der Waals surface area (Å²) >= 11 is 0. The lowest BCUT2D eigenvalue weighted by Gasteiger charge is -2.22. The van der Waals surface area contributed by atoms with E-state index in [-0.39, 0.29) is 12.5 Å². The summed E-state index contributed by atoms with van der Waals surface area (Å²) in [4.78, 5) is 9.81. The third-order valence-corrected chi connectivity index (χ3v) is 5.59. The number of pyridine rings is 2. The van der Waals surface area contributed by atoms with E-state index in [1.54, 1.807) is 7.11 Å². The number of rotatable bonds is 9. The number of aliphatic hydroxyl groups is 1. The van der Waals surface area contributed by atoms with Crippen LogP contribution in [0, 0.1) is 5.92 Å². The zero-order valence-electron chi connectivity index (χ0n) is 19.0. The van der Waals surface area contributed by atoms with E-state index in [1.807, 2.05) is 6.92 Å². The van der Waals surface area contributed by atoms with Crippen molar-refractivity contribution < 1.29 is 9.84 Å². The molecule has 0 aliphatic rings. The first kappa shape index (κ1) is 23.1. The summed E-state index contributed by atoms with van der Waals surface area (Å²) in [6.45, 7) is 12.9.